The van der Waals surface area contributed by atoms with Crippen molar-refractivity contribution in [1.82, 2.24) is 10.1 Å². The predicted molar refractivity (Wildman–Crippen MR) is 93.8 cm³/mol. The van der Waals surface area contributed by atoms with E-state index >= 15 is 0 Å². The number of aryl methyl sites for hydroxylation is 1. The molecule has 0 aliphatic rings. The number of hydrogen-bond donors (Lipinski definition) is 0. The summed E-state index contributed by atoms with van der Waals surface area (Å²) in [6.07, 6.45) is 0. The van der Waals surface area contributed by atoms with Crippen molar-refractivity contribution in [2.45, 2.75) is 18.4 Å². The molecule has 1 heterocycles. The van der Waals surface area contributed by atoms with E-state index in [0.29, 0.717) is 17.1 Å². The molecule has 0 aliphatic carbocycles. The Hall–Kier alpha value is -2.67. The number of benzene rings is 2. The van der Waals surface area contributed by atoms with Gasteiger partial charge in [-0.1, -0.05) is 47.1 Å². The first kappa shape index (κ1) is 17.2. The summed E-state index contributed by atoms with van der Waals surface area (Å²) in [5, 5.41) is 3.86. The standard InChI is InChI=1S/C18H18N2O4S/c1-13-5-3-6-14(9-13)11-25(21,22)12-17-19-18(20-24-17)15-7-4-8-16(10-15)23-2/h3-10H,11-12H2,1-2H3. The summed E-state index contributed by atoms with van der Waals surface area (Å²) in [4.78, 5) is 4.19. The van der Waals surface area contributed by atoms with E-state index in [1.807, 2.05) is 25.1 Å². The third-order valence-corrected chi connectivity index (χ3v) is 5.07. The lowest BCUT2D eigenvalue weighted by molar-refractivity contribution is 0.389. The second-order valence-corrected chi connectivity index (χ2v) is 7.83. The van der Waals surface area contributed by atoms with E-state index in [2.05, 4.69) is 10.1 Å². The highest BCUT2D eigenvalue weighted by molar-refractivity contribution is 7.89. The smallest absolute Gasteiger partial charge is 0.242 e. The molecule has 0 aliphatic heterocycles. The molecule has 0 radical (unpaired) electrons. The van der Waals surface area contributed by atoms with Crippen LogP contribution in [0.25, 0.3) is 11.4 Å². The Balaban J connectivity index is 1.76. The summed E-state index contributed by atoms with van der Waals surface area (Å²) in [7, 11) is -1.84. The summed E-state index contributed by atoms with van der Waals surface area (Å²) < 4.78 is 35.0. The number of methoxy groups -OCH3 is 1. The highest BCUT2D eigenvalue weighted by Gasteiger charge is 2.19. The Morgan fingerprint density at radius 1 is 1.08 bits per heavy atom. The third-order valence-electron chi connectivity index (χ3n) is 3.61. The molecule has 0 fully saturated rings. The van der Waals surface area contributed by atoms with Gasteiger partial charge in [0.15, 0.2) is 9.84 Å². The zero-order chi connectivity index (χ0) is 17.9. The van der Waals surface area contributed by atoms with Gasteiger partial charge in [-0.25, -0.2) is 8.42 Å². The molecule has 7 heteroatoms. The van der Waals surface area contributed by atoms with E-state index in [4.69, 9.17) is 9.26 Å². The topological polar surface area (TPSA) is 82.3 Å². The van der Waals surface area contributed by atoms with Crippen LogP contribution in [0.2, 0.25) is 0 Å². The Labute approximate surface area is 146 Å². The van der Waals surface area contributed by atoms with Crippen molar-refractivity contribution < 1.29 is 17.7 Å². The zero-order valence-corrected chi connectivity index (χ0v) is 14.8. The van der Waals surface area contributed by atoms with Crippen LogP contribution in [-0.2, 0) is 21.3 Å². The molecular weight excluding hydrogens is 340 g/mol. The summed E-state index contributed by atoms with van der Waals surface area (Å²) in [6.45, 7) is 1.93. The van der Waals surface area contributed by atoms with Gasteiger partial charge < -0.3 is 9.26 Å². The lowest BCUT2D eigenvalue weighted by atomic mass is 10.2. The fourth-order valence-corrected chi connectivity index (χ4v) is 3.77. The number of nitrogens with zero attached hydrogens (tertiary/aromatic N) is 2. The van der Waals surface area contributed by atoms with Crippen molar-refractivity contribution in [2.75, 3.05) is 7.11 Å². The van der Waals surface area contributed by atoms with Crippen LogP contribution in [0.5, 0.6) is 5.75 Å². The first-order chi connectivity index (χ1) is 11.9. The molecule has 0 N–H and O–H groups in total. The lowest BCUT2D eigenvalue weighted by Gasteiger charge is -2.03. The molecule has 0 unspecified atom stereocenters. The van der Waals surface area contributed by atoms with E-state index in [-0.39, 0.29) is 17.4 Å². The minimum Gasteiger partial charge on any atom is -0.497 e. The molecule has 3 rings (SSSR count). The monoisotopic (exact) mass is 358 g/mol. The van der Waals surface area contributed by atoms with Crippen molar-refractivity contribution in [2.24, 2.45) is 0 Å². The Bertz CT molecular complexity index is 980. The van der Waals surface area contributed by atoms with Gasteiger partial charge in [0.05, 0.1) is 12.9 Å². The molecule has 6 nitrogen and oxygen atoms in total. The van der Waals surface area contributed by atoms with Crippen LogP contribution in [-0.4, -0.2) is 25.7 Å². The third kappa shape index (κ3) is 4.45. The minimum atomic E-state index is -3.41. The van der Waals surface area contributed by atoms with E-state index < -0.39 is 9.84 Å². The van der Waals surface area contributed by atoms with Gasteiger partial charge in [0.25, 0.3) is 0 Å². The Morgan fingerprint density at radius 2 is 1.88 bits per heavy atom. The molecule has 0 spiro atoms. The van der Waals surface area contributed by atoms with Crippen molar-refractivity contribution in [3.63, 3.8) is 0 Å². The summed E-state index contributed by atoms with van der Waals surface area (Å²) in [5.41, 5.74) is 2.46. The van der Waals surface area contributed by atoms with Crippen LogP contribution in [0.4, 0.5) is 0 Å². The van der Waals surface area contributed by atoms with Crippen LogP contribution < -0.4 is 4.74 Å². The lowest BCUT2D eigenvalue weighted by Crippen LogP contribution is -2.08. The number of ether oxygens (including phenoxy) is 1. The maximum atomic E-state index is 12.4. The van der Waals surface area contributed by atoms with Crippen LogP contribution in [0.15, 0.2) is 53.1 Å². The molecule has 3 aromatic rings. The summed E-state index contributed by atoms with van der Waals surface area (Å²) in [5.74, 6) is 0.713. The van der Waals surface area contributed by atoms with E-state index in [0.717, 1.165) is 11.1 Å². The minimum absolute atomic E-state index is 0.0639. The second-order valence-electron chi connectivity index (χ2n) is 5.76. The van der Waals surface area contributed by atoms with Crippen LogP contribution in [0.3, 0.4) is 0 Å². The molecule has 130 valence electrons. The molecule has 0 saturated heterocycles. The van der Waals surface area contributed by atoms with Gasteiger partial charge in [0.1, 0.15) is 11.5 Å². The van der Waals surface area contributed by atoms with Gasteiger partial charge in [-0.3, -0.25) is 0 Å². The first-order valence-electron chi connectivity index (χ1n) is 7.68. The number of aromatic nitrogens is 2. The zero-order valence-electron chi connectivity index (χ0n) is 14.0. The average molecular weight is 358 g/mol. The van der Waals surface area contributed by atoms with E-state index in [9.17, 15) is 8.42 Å². The fraction of sp³-hybridized carbons (Fsp3) is 0.222. The molecular formula is C18H18N2O4S. The normalized spacial score (nSPS) is 11.4. The fourth-order valence-electron chi connectivity index (χ4n) is 2.49. The molecule has 25 heavy (non-hydrogen) atoms. The molecule has 0 saturated carbocycles. The quantitative estimate of drug-likeness (QED) is 0.673. The Kier molecular flexibility index (Phi) is 4.85. The summed E-state index contributed by atoms with van der Waals surface area (Å²) in [6, 6.07) is 14.6. The average Bonchev–Trinajstić information content (AvgIpc) is 3.02. The van der Waals surface area contributed by atoms with Crippen LogP contribution in [0, 0.1) is 6.92 Å². The Morgan fingerprint density at radius 3 is 2.64 bits per heavy atom. The SMILES string of the molecule is COc1cccc(-c2noc(CS(=O)(=O)Cc3cccc(C)c3)n2)c1. The van der Waals surface area contributed by atoms with E-state index in [1.54, 1.807) is 37.4 Å². The molecule has 0 bridgehead atoms. The highest BCUT2D eigenvalue weighted by Crippen LogP contribution is 2.22. The first-order valence-corrected chi connectivity index (χ1v) is 9.50. The largest absolute Gasteiger partial charge is 0.497 e. The van der Waals surface area contributed by atoms with Gasteiger partial charge in [0, 0.05) is 5.56 Å². The van der Waals surface area contributed by atoms with Gasteiger partial charge in [-0.05, 0) is 24.6 Å². The van der Waals surface area contributed by atoms with Gasteiger partial charge in [0.2, 0.25) is 11.7 Å². The molecule has 0 amide bonds. The number of rotatable bonds is 6. The van der Waals surface area contributed by atoms with Crippen molar-refractivity contribution in [1.29, 1.82) is 0 Å². The number of hydrogen-bond acceptors (Lipinski definition) is 6. The van der Waals surface area contributed by atoms with Crippen LogP contribution >= 0.6 is 0 Å². The predicted octanol–water partition coefficient (Wildman–Crippen LogP) is 3.17. The summed E-state index contributed by atoms with van der Waals surface area (Å²) >= 11 is 0. The second kappa shape index (κ2) is 7.06. The highest BCUT2D eigenvalue weighted by atomic mass is 32.2. The molecule has 0 atom stereocenters. The van der Waals surface area contributed by atoms with Gasteiger partial charge >= 0.3 is 0 Å². The molecule has 2 aromatic carbocycles. The maximum Gasteiger partial charge on any atom is 0.242 e. The van der Waals surface area contributed by atoms with Crippen molar-refractivity contribution in [3.05, 3.63) is 65.5 Å². The van der Waals surface area contributed by atoms with Crippen LogP contribution in [0.1, 0.15) is 17.0 Å². The number of sulfone groups is 1. The molecule has 1 aromatic heterocycles. The van der Waals surface area contributed by atoms with Gasteiger partial charge in [-0.15, -0.1) is 0 Å². The van der Waals surface area contributed by atoms with E-state index in [1.165, 1.54) is 0 Å². The van der Waals surface area contributed by atoms with Gasteiger partial charge in [-0.2, -0.15) is 4.98 Å². The van der Waals surface area contributed by atoms with Crippen molar-refractivity contribution >= 4 is 9.84 Å². The maximum absolute atomic E-state index is 12.4. The van der Waals surface area contributed by atoms with Crippen molar-refractivity contribution in [3.8, 4) is 17.1 Å².